The van der Waals surface area contributed by atoms with Gasteiger partial charge in [-0.05, 0) is 55.8 Å². The minimum atomic E-state index is 0.393. The summed E-state index contributed by atoms with van der Waals surface area (Å²) >= 11 is 12.3. The molecule has 0 radical (unpaired) electrons. The molecule has 0 spiro atoms. The van der Waals surface area contributed by atoms with Crippen molar-refractivity contribution in [2.45, 2.75) is 24.8 Å². The van der Waals surface area contributed by atoms with E-state index in [1.54, 1.807) is 0 Å². The predicted octanol–water partition coefficient (Wildman–Crippen LogP) is 5.11. The minimum Gasteiger partial charge on any atom is -0.318 e. The van der Waals surface area contributed by atoms with E-state index in [-0.39, 0.29) is 0 Å². The Labute approximate surface area is 154 Å². The molecule has 0 bridgehead atoms. The summed E-state index contributed by atoms with van der Waals surface area (Å²) in [7, 11) is 4.22. The summed E-state index contributed by atoms with van der Waals surface area (Å²) in [6.45, 7) is 2.05. The fourth-order valence-electron chi connectivity index (χ4n) is 3.74. The van der Waals surface area contributed by atoms with Gasteiger partial charge in [-0.1, -0.05) is 53.5 Å². The van der Waals surface area contributed by atoms with Gasteiger partial charge in [-0.2, -0.15) is 0 Å². The SMILES string of the molecule is CNCCN(C)C1CCC(c2ccc(Cl)c(Cl)c2)c2ccccc21. The summed E-state index contributed by atoms with van der Waals surface area (Å²) in [5.41, 5.74) is 4.12. The highest BCUT2D eigenvalue weighted by molar-refractivity contribution is 6.42. The molecule has 2 nitrogen and oxygen atoms in total. The van der Waals surface area contributed by atoms with Gasteiger partial charge in [0.2, 0.25) is 0 Å². The number of halogens is 2. The van der Waals surface area contributed by atoms with Crippen LogP contribution in [0.3, 0.4) is 0 Å². The van der Waals surface area contributed by atoms with E-state index in [0.29, 0.717) is 22.0 Å². The normalized spacial score (nSPS) is 20.2. The molecule has 0 fully saturated rings. The number of nitrogens with zero attached hydrogens (tertiary/aromatic N) is 1. The number of hydrogen-bond acceptors (Lipinski definition) is 2. The molecule has 0 amide bonds. The Morgan fingerprint density at radius 3 is 2.50 bits per heavy atom. The lowest BCUT2D eigenvalue weighted by molar-refractivity contribution is 0.219. The van der Waals surface area contributed by atoms with Crippen LogP contribution in [0.2, 0.25) is 10.0 Å². The summed E-state index contributed by atoms with van der Waals surface area (Å²) in [4.78, 5) is 2.46. The van der Waals surface area contributed by atoms with E-state index in [1.165, 1.54) is 16.7 Å². The van der Waals surface area contributed by atoms with Gasteiger partial charge in [0.25, 0.3) is 0 Å². The molecule has 1 aliphatic carbocycles. The minimum absolute atomic E-state index is 0.393. The van der Waals surface area contributed by atoms with Crippen LogP contribution in [-0.4, -0.2) is 32.1 Å². The molecule has 128 valence electrons. The van der Waals surface area contributed by atoms with Crippen molar-refractivity contribution in [3.8, 4) is 0 Å². The third-order valence-corrected chi connectivity index (χ3v) is 5.79. The number of hydrogen-bond donors (Lipinski definition) is 1. The Morgan fingerprint density at radius 1 is 1.04 bits per heavy atom. The average molecular weight is 363 g/mol. The van der Waals surface area contributed by atoms with Gasteiger partial charge < -0.3 is 5.32 Å². The van der Waals surface area contributed by atoms with Crippen molar-refractivity contribution in [3.63, 3.8) is 0 Å². The third-order valence-electron chi connectivity index (χ3n) is 5.05. The number of rotatable bonds is 5. The van der Waals surface area contributed by atoms with Gasteiger partial charge in [-0.25, -0.2) is 0 Å². The van der Waals surface area contributed by atoms with E-state index in [4.69, 9.17) is 23.2 Å². The van der Waals surface area contributed by atoms with Gasteiger partial charge in [0, 0.05) is 25.0 Å². The first kappa shape index (κ1) is 17.8. The monoisotopic (exact) mass is 362 g/mol. The van der Waals surface area contributed by atoms with Crippen molar-refractivity contribution in [1.29, 1.82) is 0 Å². The number of benzene rings is 2. The summed E-state index contributed by atoms with van der Waals surface area (Å²) in [5.74, 6) is 0.393. The molecule has 0 heterocycles. The second kappa shape index (κ2) is 7.88. The van der Waals surface area contributed by atoms with Crippen LogP contribution in [0.25, 0.3) is 0 Å². The standard InChI is InChI=1S/C20H24Cl2N2/c1-23-11-12-24(2)20-10-8-15(16-5-3-4-6-17(16)20)14-7-9-18(21)19(22)13-14/h3-7,9,13,15,20,23H,8,10-12H2,1-2H3. The Bertz CT molecular complexity index is 702. The van der Waals surface area contributed by atoms with E-state index in [9.17, 15) is 0 Å². The fourth-order valence-corrected chi connectivity index (χ4v) is 4.05. The Kier molecular flexibility index (Phi) is 5.83. The van der Waals surface area contributed by atoms with Crippen LogP contribution in [0.15, 0.2) is 42.5 Å². The van der Waals surface area contributed by atoms with Crippen LogP contribution in [-0.2, 0) is 0 Å². The molecular formula is C20H24Cl2N2. The van der Waals surface area contributed by atoms with Gasteiger partial charge in [-0.3, -0.25) is 4.90 Å². The molecular weight excluding hydrogens is 339 g/mol. The fraction of sp³-hybridized carbons (Fsp3) is 0.400. The largest absolute Gasteiger partial charge is 0.318 e. The number of nitrogens with one attached hydrogen (secondary N) is 1. The second-order valence-corrected chi connectivity index (χ2v) is 7.35. The second-order valence-electron chi connectivity index (χ2n) is 6.53. The van der Waals surface area contributed by atoms with Crippen LogP contribution in [0.1, 0.15) is 41.5 Å². The zero-order chi connectivity index (χ0) is 17.1. The first-order valence-corrected chi connectivity index (χ1v) is 9.26. The molecule has 4 heteroatoms. The van der Waals surface area contributed by atoms with Crippen LogP contribution in [0.5, 0.6) is 0 Å². The molecule has 0 aromatic heterocycles. The first-order valence-electron chi connectivity index (χ1n) is 8.50. The van der Waals surface area contributed by atoms with Crippen molar-refractivity contribution in [3.05, 3.63) is 69.2 Å². The van der Waals surface area contributed by atoms with Gasteiger partial charge >= 0.3 is 0 Å². The van der Waals surface area contributed by atoms with Crippen molar-refractivity contribution in [2.24, 2.45) is 0 Å². The van der Waals surface area contributed by atoms with Crippen LogP contribution < -0.4 is 5.32 Å². The highest BCUT2D eigenvalue weighted by Gasteiger charge is 2.30. The molecule has 2 aromatic rings. The zero-order valence-corrected chi connectivity index (χ0v) is 15.7. The maximum atomic E-state index is 6.25. The molecule has 2 aromatic carbocycles. The molecule has 2 unspecified atom stereocenters. The summed E-state index contributed by atoms with van der Waals surface area (Å²) in [5, 5.41) is 4.50. The Hall–Kier alpha value is -1.06. The molecule has 24 heavy (non-hydrogen) atoms. The van der Waals surface area contributed by atoms with E-state index in [1.807, 2.05) is 19.2 Å². The van der Waals surface area contributed by atoms with Crippen LogP contribution >= 0.6 is 23.2 Å². The number of likely N-dealkylation sites (N-methyl/N-ethyl adjacent to an activating group) is 2. The van der Waals surface area contributed by atoms with Gasteiger partial charge in [0.1, 0.15) is 0 Å². The molecule has 0 saturated carbocycles. The van der Waals surface area contributed by atoms with Crippen molar-refractivity contribution in [1.82, 2.24) is 10.2 Å². The lowest BCUT2D eigenvalue weighted by Gasteiger charge is -2.37. The van der Waals surface area contributed by atoms with Crippen molar-refractivity contribution in [2.75, 3.05) is 27.2 Å². The molecule has 0 aliphatic heterocycles. The Morgan fingerprint density at radius 2 is 1.79 bits per heavy atom. The Balaban J connectivity index is 1.92. The van der Waals surface area contributed by atoms with E-state index < -0.39 is 0 Å². The molecule has 0 saturated heterocycles. The lowest BCUT2D eigenvalue weighted by atomic mass is 9.76. The molecule has 3 rings (SSSR count). The van der Waals surface area contributed by atoms with Gasteiger partial charge in [-0.15, -0.1) is 0 Å². The maximum Gasteiger partial charge on any atom is 0.0595 e. The maximum absolute atomic E-state index is 6.25. The highest BCUT2D eigenvalue weighted by Crippen LogP contribution is 2.43. The van der Waals surface area contributed by atoms with E-state index in [2.05, 4.69) is 47.6 Å². The average Bonchev–Trinajstić information content (AvgIpc) is 2.61. The van der Waals surface area contributed by atoms with Crippen molar-refractivity contribution < 1.29 is 0 Å². The quantitative estimate of drug-likeness (QED) is 0.794. The molecule has 1 N–H and O–H groups in total. The van der Waals surface area contributed by atoms with Crippen LogP contribution in [0, 0.1) is 0 Å². The smallest absolute Gasteiger partial charge is 0.0595 e. The zero-order valence-electron chi connectivity index (χ0n) is 14.2. The first-order chi connectivity index (χ1) is 11.6. The number of fused-ring (bicyclic) bond motifs is 1. The molecule has 1 aliphatic rings. The third kappa shape index (κ3) is 3.62. The van der Waals surface area contributed by atoms with Gasteiger partial charge in [0.05, 0.1) is 10.0 Å². The summed E-state index contributed by atoms with van der Waals surface area (Å²) < 4.78 is 0. The van der Waals surface area contributed by atoms with Gasteiger partial charge in [0.15, 0.2) is 0 Å². The highest BCUT2D eigenvalue weighted by atomic mass is 35.5. The molecule has 2 atom stereocenters. The van der Waals surface area contributed by atoms with E-state index >= 15 is 0 Å². The van der Waals surface area contributed by atoms with E-state index in [0.717, 1.165) is 25.9 Å². The lowest BCUT2D eigenvalue weighted by Crippen LogP contribution is -2.33. The topological polar surface area (TPSA) is 15.3 Å². The summed E-state index contributed by atoms with van der Waals surface area (Å²) in [6, 6.07) is 15.4. The summed E-state index contributed by atoms with van der Waals surface area (Å²) in [6.07, 6.45) is 2.28. The van der Waals surface area contributed by atoms with Crippen LogP contribution in [0.4, 0.5) is 0 Å². The predicted molar refractivity (Wildman–Crippen MR) is 103 cm³/mol. The van der Waals surface area contributed by atoms with Crippen molar-refractivity contribution >= 4 is 23.2 Å².